The van der Waals surface area contributed by atoms with Crippen LogP contribution < -0.4 is 0 Å². The van der Waals surface area contributed by atoms with Gasteiger partial charge in [0.05, 0.1) is 6.61 Å². The molecule has 0 radical (unpaired) electrons. The molecule has 4 nitrogen and oxygen atoms in total. The Labute approximate surface area is 109 Å². The van der Waals surface area contributed by atoms with Gasteiger partial charge < -0.3 is 14.7 Å². The SMILES string of the molecule is CC1CCCCC1N(C)CC1(C(=O)O)CCOC1. The number of rotatable bonds is 4. The minimum Gasteiger partial charge on any atom is -0.481 e. The first-order valence-electron chi connectivity index (χ1n) is 7.06. The molecule has 1 N–H and O–H groups in total. The fraction of sp³-hybridized carbons (Fsp3) is 0.929. The lowest BCUT2D eigenvalue weighted by atomic mass is 9.82. The van der Waals surface area contributed by atoms with E-state index in [0.29, 0.717) is 38.1 Å². The van der Waals surface area contributed by atoms with Gasteiger partial charge in [0, 0.05) is 19.2 Å². The monoisotopic (exact) mass is 255 g/mol. The molecule has 1 aliphatic carbocycles. The summed E-state index contributed by atoms with van der Waals surface area (Å²) >= 11 is 0. The fourth-order valence-corrected chi connectivity index (χ4v) is 3.51. The van der Waals surface area contributed by atoms with Gasteiger partial charge in [-0.3, -0.25) is 4.79 Å². The Hall–Kier alpha value is -0.610. The third-order valence-corrected chi connectivity index (χ3v) is 4.74. The molecule has 2 aliphatic rings. The van der Waals surface area contributed by atoms with E-state index in [-0.39, 0.29) is 0 Å². The highest BCUT2D eigenvalue weighted by atomic mass is 16.5. The van der Waals surface area contributed by atoms with Gasteiger partial charge in [-0.1, -0.05) is 19.8 Å². The molecule has 3 unspecified atom stereocenters. The average Bonchev–Trinajstić information content (AvgIpc) is 2.79. The summed E-state index contributed by atoms with van der Waals surface area (Å²) in [5.74, 6) is -0.0211. The van der Waals surface area contributed by atoms with Crippen molar-refractivity contribution in [3.63, 3.8) is 0 Å². The van der Waals surface area contributed by atoms with E-state index in [1.54, 1.807) is 0 Å². The molecule has 0 amide bonds. The molecule has 1 heterocycles. The van der Waals surface area contributed by atoms with Crippen LogP contribution in [0.4, 0.5) is 0 Å². The van der Waals surface area contributed by atoms with Gasteiger partial charge in [0.25, 0.3) is 0 Å². The van der Waals surface area contributed by atoms with E-state index in [9.17, 15) is 9.90 Å². The van der Waals surface area contributed by atoms with Crippen molar-refractivity contribution in [2.75, 3.05) is 26.8 Å². The highest BCUT2D eigenvalue weighted by Crippen LogP contribution is 2.33. The molecular weight excluding hydrogens is 230 g/mol. The third-order valence-electron chi connectivity index (χ3n) is 4.74. The van der Waals surface area contributed by atoms with Crippen molar-refractivity contribution in [3.8, 4) is 0 Å². The number of hydrogen-bond donors (Lipinski definition) is 1. The molecule has 1 aliphatic heterocycles. The maximum Gasteiger partial charge on any atom is 0.313 e. The summed E-state index contributed by atoms with van der Waals surface area (Å²) < 4.78 is 5.33. The Balaban J connectivity index is 2.00. The summed E-state index contributed by atoms with van der Waals surface area (Å²) in [5, 5.41) is 9.47. The molecule has 2 fully saturated rings. The second-order valence-corrected chi connectivity index (χ2v) is 6.13. The van der Waals surface area contributed by atoms with Gasteiger partial charge in [-0.2, -0.15) is 0 Å². The van der Waals surface area contributed by atoms with Crippen LogP contribution in [0.5, 0.6) is 0 Å². The third kappa shape index (κ3) is 2.69. The van der Waals surface area contributed by atoms with Gasteiger partial charge in [-0.25, -0.2) is 0 Å². The van der Waals surface area contributed by atoms with Crippen molar-refractivity contribution in [1.82, 2.24) is 4.90 Å². The van der Waals surface area contributed by atoms with Crippen molar-refractivity contribution in [1.29, 1.82) is 0 Å². The van der Waals surface area contributed by atoms with Crippen molar-refractivity contribution in [3.05, 3.63) is 0 Å². The lowest BCUT2D eigenvalue weighted by molar-refractivity contribution is -0.150. The number of aliphatic carboxylic acids is 1. The molecule has 0 bridgehead atoms. The van der Waals surface area contributed by atoms with E-state index in [0.717, 1.165) is 0 Å². The number of carbonyl (C=O) groups is 1. The largest absolute Gasteiger partial charge is 0.481 e. The average molecular weight is 255 g/mol. The molecule has 1 saturated carbocycles. The van der Waals surface area contributed by atoms with E-state index in [1.165, 1.54) is 25.7 Å². The van der Waals surface area contributed by atoms with E-state index < -0.39 is 11.4 Å². The first-order valence-corrected chi connectivity index (χ1v) is 7.06. The Kier molecular flexibility index (Phi) is 4.28. The zero-order valence-electron chi connectivity index (χ0n) is 11.5. The molecule has 1 saturated heterocycles. The minimum absolute atomic E-state index is 0.369. The number of hydrogen-bond acceptors (Lipinski definition) is 3. The van der Waals surface area contributed by atoms with Crippen LogP contribution in [0.2, 0.25) is 0 Å². The van der Waals surface area contributed by atoms with Crippen molar-refractivity contribution >= 4 is 5.97 Å². The lowest BCUT2D eigenvalue weighted by Gasteiger charge is -2.39. The quantitative estimate of drug-likeness (QED) is 0.834. The molecule has 3 atom stereocenters. The Morgan fingerprint density at radius 3 is 2.72 bits per heavy atom. The van der Waals surface area contributed by atoms with Crippen molar-refractivity contribution in [2.45, 2.75) is 45.1 Å². The number of ether oxygens (including phenoxy) is 1. The summed E-state index contributed by atoms with van der Waals surface area (Å²) in [6.45, 7) is 3.87. The van der Waals surface area contributed by atoms with Gasteiger partial charge in [-0.15, -0.1) is 0 Å². The second-order valence-electron chi connectivity index (χ2n) is 6.13. The summed E-state index contributed by atoms with van der Waals surface area (Å²) in [7, 11) is 2.08. The van der Waals surface area contributed by atoms with Crippen LogP contribution in [0, 0.1) is 11.3 Å². The summed E-state index contributed by atoms with van der Waals surface area (Å²) in [5.41, 5.74) is -0.675. The maximum absolute atomic E-state index is 11.5. The van der Waals surface area contributed by atoms with Crippen LogP contribution >= 0.6 is 0 Å². The maximum atomic E-state index is 11.5. The zero-order chi connectivity index (χ0) is 13.2. The number of carboxylic acids is 1. The molecule has 0 aromatic carbocycles. The molecule has 104 valence electrons. The lowest BCUT2D eigenvalue weighted by Crippen LogP contribution is -2.48. The zero-order valence-corrected chi connectivity index (χ0v) is 11.5. The minimum atomic E-state index is -0.699. The highest BCUT2D eigenvalue weighted by Gasteiger charge is 2.44. The molecule has 4 heteroatoms. The standard InChI is InChI=1S/C14H25NO3/c1-11-5-3-4-6-12(11)15(2)9-14(13(16)17)7-8-18-10-14/h11-12H,3-10H2,1-2H3,(H,16,17). The van der Waals surface area contributed by atoms with Crippen LogP contribution in [0.1, 0.15) is 39.0 Å². The van der Waals surface area contributed by atoms with E-state index in [2.05, 4.69) is 18.9 Å². The Morgan fingerprint density at radius 2 is 2.17 bits per heavy atom. The molecule has 18 heavy (non-hydrogen) atoms. The van der Waals surface area contributed by atoms with Crippen molar-refractivity contribution < 1.29 is 14.6 Å². The van der Waals surface area contributed by atoms with Gasteiger partial charge in [0.15, 0.2) is 0 Å². The topological polar surface area (TPSA) is 49.8 Å². The highest BCUT2D eigenvalue weighted by molar-refractivity contribution is 5.75. The molecule has 2 rings (SSSR count). The normalized spacial score (nSPS) is 37.1. The molecule has 0 aromatic rings. The molecule has 0 aromatic heterocycles. The van der Waals surface area contributed by atoms with E-state index in [1.807, 2.05) is 0 Å². The van der Waals surface area contributed by atoms with E-state index in [4.69, 9.17) is 4.74 Å². The van der Waals surface area contributed by atoms with Crippen LogP contribution in [-0.4, -0.2) is 48.8 Å². The van der Waals surface area contributed by atoms with Gasteiger partial charge in [0.2, 0.25) is 0 Å². The van der Waals surface area contributed by atoms with Crippen LogP contribution in [0.3, 0.4) is 0 Å². The number of carboxylic acid groups (broad SMARTS) is 1. The van der Waals surface area contributed by atoms with Crippen molar-refractivity contribution in [2.24, 2.45) is 11.3 Å². The predicted molar refractivity (Wildman–Crippen MR) is 69.6 cm³/mol. The van der Waals surface area contributed by atoms with Crippen LogP contribution in [0.15, 0.2) is 0 Å². The number of nitrogens with zero attached hydrogens (tertiary/aromatic N) is 1. The van der Waals surface area contributed by atoms with E-state index >= 15 is 0 Å². The Bertz CT molecular complexity index is 299. The smallest absolute Gasteiger partial charge is 0.313 e. The molecule has 0 spiro atoms. The van der Waals surface area contributed by atoms with Gasteiger partial charge in [-0.05, 0) is 32.2 Å². The Morgan fingerprint density at radius 1 is 1.44 bits per heavy atom. The van der Waals surface area contributed by atoms with Crippen LogP contribution in [-0.2, 0) is 9.53 Å². The fourth-order valence-electron chi connectivity index (χ4n) is 3.51. The van der Waals surface area contributed by atoms with Gasteiger partial charge >= 0.3 is 5.97 Å². The molecular formula is C14H25NO3. The summed E-state index contributed by atoms with van der Waals surface area (Å²) in [6, 6.07) is 0.538. The summed E-state index contributed by atoms with van der Waals surface area (Å²) in [4.78, 5) is 13.8. The second kappa shape index (κ2) is 5.57. The first kappa shape index (κ1) is 13.8. The van der Waals surface area contributed by atoms with Crippen LogP contribution in [0.25, 0.3) is 0 Å². The first-order chi connectivity index (χ1) is 8.55. The summed E-state index contributed by atoms with van der Waals surface area (Å²) in [6.07, 6.45) is 5.71. The predicted octanol–water partition coefficient (Wildman–Crippen LogP) is 1.99. The van der Waals surface area contributed by atoms with Gasteiger partial charge in [0.1, 0.15) is 5.41 Å².